The van der Waals surface area contributed by atoms with Crippen molar-refractivity contribution in [1.82, 2.24) is 10.2 Å². The number of rotatable bonds is 9. The Morgan fingerprint density at radius 3 is 2.47 bits per heavy atom. The summed E-state index contributed by atoms with van der Waals surface area (Å²) >= 11 is 0. The van der Waals surface area contributed by atoms with Gasteiger partial charge in [0, 0.05) is 19.1 Å². The van der Waals surface area contributed by atoms with Crippen molar-refractivity contribution in [3.8, 4) is 0 Å². The summed E-state index contributed by atoms with van der Waals surface area (Å²) in [5.41, 5.74) is 2.98. The van der Waals surface area contributed by atoms with E-state index in [-0.39, 0.29) is 0 Å². The van der Waals surface area contributed by atoms with E-state index in [1.165, 1.54) is 43.4 Å². The molecule has 1 aliphatic rings. The number of nitrogens with zero attached hydrogens (tertiary/aromatic N) is 1. The first-order valence-corrected chi connectivity index (χ1v) is 7.86. The molecule has 1 aromatic carbocycles. The van der Waals surface area contributed by atoms with Gasteiger partial charge in [-0.1, -0.05) is 38.1 Å². The first-order chi connectivity index (χ1) is 9.35. The predicted octanol–water partition coefficient (Wildman–Crippen LogP) is 3.56. The average molecular weight is 260 g/mol. The van der Waals surface area contributed by atoms with Gasteiger partial charge in [0.1, 0.15) is 0 Å². The molecule has 106 valence electrons. The van der Waals surface area contributed by atoms with Crippen molar-refractivity contribution in [3.63, 3.8) is 0 Å². The molecule has 1 saturated carbocycles. The molecule has 0 aliphatic heterocycles. The minimum atomic E-state index is 0.858. The molecule has 0 aromatic heterocycles. The molecule has 0 heterocycles. The van der Waals surface area contributed by atoms with Crippen LogP contribution in [0.4, 0.5) is 0 Å². The van der Waals surface area contributed by atoms with Crippen LogP contribution in [0.3, 0.4) is 0 Å². The topological polar surface area (TPSA) is 15.3 Å². The maximum absolute atomic E-state index is 3.52. The third-order valence-electron chi connectivity index (χ3n) is 3.81. The van der Waals surface area contributed by atoms with Gasteiger partial charge in [-0.05, 0) is 49.9 Å². The normalized spacial score (nSPS) is 15.1. The van der Waals surface area contributed by atoms with E-state index in [4.69, 9.17) is 0 Å². The van der Waals surface area contributed by atoms with Gasteiger partial charge >= 0.3 is 0 Å². The van der Waals surface area contributed by atoms with Crippen molar-refractivity contribution < 1.29 is 0 Å². The Kier molecular flexibility index (Phi) is 5.87. The van der Waals surface area contributed by atoms with Gasteiger partial charge in [0.05, 0.1) is 0 Å². The highest BCUT2D eigenvalue weighted by molar-refractivity contribution is 5.27. The lowest BCUT2D eigenvalue weighted by Gasteiger charge is -2.23. The lowest BCUT2D eigenvalue weighted by Crippen LogP contribution is -2.27. The van der Waals surface area contributed by atoms with Crippen LogP contribution in [-0.2, 0) is 13.1 Å². The van der Waals surface area contributed by atoms with Gasteiger partial charge in [0.25, 0.3) is 0 Å². The molecule has 0 atom stereocenters. The molecular formula is C17H28N2. The highest BCUT2D eigenvalue weighted by Crippen LogP contribution is 2.28. The van der Waals surface area contributed by atoms with Gasteiger partial charge < -0.3 is 5.32 Å². The molecule has 1 aromatic rings. The van der Waals surface area contributed by atoms with Gasteiger partial charge in [-0.25, -0.2) is 0 Å². The summed E-state index contributed by atoms with van der Waals surface area (Å²) in [5.74, 6) is 0. The van der Waals surface area contributed by atoms with Crippen LogP contribution in [-0.4, -0.2) is 24.0 Å². The van der Waals surface area contributed by atoms with Crippen molar-refractivity contribution in [2.45, 2.75) is 58.7 Å². The Bertz CT molecular complexity index is 371. The van der Waals surface area contributed by atoms with E-state index in [0.717, 1.165) is 25.7 Å². The highest BCUT2D eigenvalue weighted by atomic mass is 15.2. The fourth-order valence-corrected chi connectivity index (χ4v) is 2.62. The van der Waals surface area contributed by atoms with Crippen molar-refractivity contribution in [2.75, 3.05) is 13.1 Å². The molecule has 1 aliphatic carbocycles. The Morgan fingerprint density at radius 2 is 1.84 bits per heavy atom. The molecule has 2 rings (SSSR count). The van der Waals surface area contributed by atoms with E-state index in [0.29, 0.717) is 0 Å². The molecule has 0 saturated heterocycles. The fourth-order valence-electron chi connectivity index (χ4n) is 2.62. The Balaban J connectivity index is 1.97. The molecule has 0 bridgehead atoms. The third kappa shape index (κ3) is 4.63. The van der Waals surface area contributed by atoms with Crippen LogP contribution in [0.2, 0.25) is 0 Å². The molecule has 1 N–H and O–H groups in total. The average Bonchev–Trinajstić information content (AvgIpc) is 3.25. The number of hydrogen-bond donors (Lipinski definition) is 1. The van der Waals surface area contributed by atoms with Crippen LogP contribution in [0.25, 0.3) is 0 Å². The van der Waals surface area contributed by atoms with E-state index in [2.05, 4.69) is 48.3 Å². The molecule has 0 radical (unpaired) electrons. The second-order valence-corrected chi connectivity index (χ2v) is 5.65. The van der Waals surface area contributed by atoms with Crippen LogP contribution >= 0.6 is 0 Å². The summed E-state index contributed by atoms with van der Waals surface area (Å²) in [7, 11) is 0. The van der Waals surface area contributed by atoms with E-state index in [1.54, 1.807) is 0 Å². The summed E-state index contributed by atoms with van der Waals surface area (Å²) < 4.78 is 0. The molecule has 0 spiro atoms. The Morgan fingerprint density at radius 1 is 1.11 bits per heavy atom. The summed E-state index contributed by atoms with van der Waals surface area (Å²) in [6.07, 6.45) is 5.26. The molecule has 2 nitrogen and oxygen atoms in total. The zero-order chi connectivity index (χ0) is 13.5. The molecule has 0 amide bonds. The van der Waals surface area contributed by atoms with Crippen LogP contribution in [0.15, 0.2) is 24.3 Å². The maximum atomic E-state index is 3.52. The summed E-state index contributed by atoms with van der Waals surface area (Å²) in [6, 6.07) is 9.77. The van der Waals surface area contributed by atoms with Crippen molar-refractivity contribution in [2.24, 2.45) is 0 Å². The predicted molar refractivity (Wildman–Crippen MR) is 82.2 cm³/mol. The number of nitrogens with one attached hydrogen (secondary N) is 1. The zero-order valence-electron chi connectivity index (χ0n) is 12.5. The zero-order valence-corrected chi connectivity index (χ0v) is 12.5. The first-order valence-electron chi connectivity index (χ1n) is 7.86. The van der Waals surface area contributed by atoms with Crippen LogP contribution in [0.5, 0.6) is 0 Å². The van der Waals surface area contributed by atoms with E-state index >= 15 is 0 Å². The highest BCUT2D eigenvalue weighted by Gasteiger charge is 2.28. The quantitative estimate of drug-likeness (QED) is 0.683. The minimum absolute atomic E-state index is 0.858. The summed E-state index contributed by atoms with van der Waals surface area (Å²) in [6.45, 7) is 8.98. The molecular weight excluding hydrogens is 232 g/mol. The van der Waals surface area contributed by atoms with Gasteiger partial charge in [0.15, 0.2) is 0 Å². The lowest BCUT2D eigenvalue weighted by molar-refractivity contribution is 0.254. The van der Waals surface area contributed by atoms with E-state index in [1.807, 2.05) is 0 Å². The second kappa shape index (κ2) is 7.66. The third-order valence-corrected chi connectivity index (χ3v) is 3.81. The minimum Gasteiger partial charge on any atom is -0.313 e. The SMILES string of the molecule is CCCNCc1ccccc1CN(CCC)C1CC1. The lowest BCUT2D eigenvalue weighted by atomic mass is 10.1. The summed E-state index contributed by atoms with van der Waals surface area (Å²) in [4.78, 5) is 2.67. The fraction of sp³-hybridized carbons (Fsp3) is 0.647. The molecule has 0 unspecified atom stereocenters. The van der Waals surface area contributed by atoms with E-state index < -0.39 is 0 Å². The van der Waals surface area contributed by atoms with Crippen LogP contribution in [0.1, 0.15) is 50.7 Å². The Hall–Kier alpha value is -0.860. The van der Waals surface area contributed by atoms with Crippen molar-refractivity contribution in [1.29, 1.82) is 0 Å². The van der Waals surface area contributed by atoms with Gasteiger partial charge in [-0.3, -0.25) is 4.90 Å². The van der Waals surface area contributed by atoms with Gasteiger partial charge in [-0.15, -0.1) is 0 Å². The largest absolute Gasteiger partial charge is 0.313 e. The standard InChI is InChI=1S/C17H28N2/c1-3-11-18-13-15-7-5-6-8-16(15)14-19(12-4-2)17-9-10-17/h5-8,17-18H,3-4,9-14H2,1-2H3. The van der Waals surface area contributed by atoms with Crippen LogP contribution < -0.4 is 5.32 Å². The monoisotopic (exact) mass is 260 g/mol. The first kappa shape index (κ1) is 14.5. The molecule has 19 heavy (non-hydrogen) atoms. The number of hydrogen-bond acceptors (Lipinski definition) is 2. The maximum Gasteiger partial charge on any atom is 0.0239 e. The Labute approximate surface area is 118 Å². The number of benzene rings is 1. The van der Waals surface area contributed by atoms with Gasteiger partial charge in [0.2, 0.25) is 0 Å². The van der Waals surface area contributed by atoms with Crippen molar-refractivity contribution in [3.05, 3.63) is 35.4 Å². The second-order valence-electron chi connectivity index (χ2n) is 5.65. The van der Waals surface area contributed by atoms with Gasteiger partial charge in [-0.2, -0.15) is 0 Å². The molecule has 1 fully saturated rings. The summed E-state index contributed by atoms with van der Waals surface area (Å²) in [5, 5.41) is 3.52. The van der Waals surface area contributed by atoms with E-state index in [9.17, 15) is 0 Å². The smallest absolute Gasteiger partial charge is 0.0239 e. The van der Waals surface area contributed by atoms with Crippen LogP contribution in [0, 0.1) is 0 Å². The molecule has 2 heteroatoms. The van der Waals surface area contributed by atoms with Crippen molar-refractivity contribution >= 4 is 0 Å².